The number of piperazine rings is 1. The third-order valence-corrected chi connectivity index (χ3v) is 8.95. The van der Waals surface area contributed by atoms with Crippen molar-refractivity contribution in [3.63, 3.8) is 0 Å². The number of carbonyl (C=O) groups excluding carboxylic acids is 3. The van der Waals surface area contributed by atoms with Gasteiger partial charge in [-0.05, 0) is 87.2 Å². The quantitative estimate of drug-likeness (QED) is 0.498. The Labute approximate surface area is 233 Å². The molecule has 2 saturated heterocycles. The highest BCUT2D eigenvalue weighted by molar-refractivity contribution is 6.42. The lowest BCUT2D eigenvalue weighted by Crippen LogP contribution is -2.69. The normalized spacial score (nSPS) is 23.7. The Morgan fingerprint density at radius 2 is 1.47 bits per heavy atom. The number of esters is 1. The van der Waals surface area contributed by atoms with Crippen LogP contribution in [0.3, 0.4) is 0 Å². The van der Waals surface area contributed by atoms with Crippen LogP contribution < -0.4 is 0 Å². The standard InChI is InChI=1S/C29H33Cl2N3O4/c1-38-29(37)21-10-8-20(9-11-21)28(36)33-15-16-34(26(35)18-19-7-12-22(30)23(31)17-19)27-24(5-4-6-25(27)33)32-13-2-3-14-32/h7-12,17,24-25,27H,2-6,13-16,18H2,1H3. The zero-order chi connectivity index (χ0) is 26.8. The average Bonchev–Trinajstić information content (AvgIpc) is 3.48. The number of rotatable bonds is 5. The zero-order valence-corrected chi connectivity index (χ0v) is 23.1. The first-order valence-corrected chi connectivity index (χ1v) is 14.1. The van der Waals surface area contributed by atoms with Crippen LogP contribution in [0, 0.1) is 0 Å². The molecule has 202 valence electrons. The second-order valence-electron chi connectivity index (χ2n) is 10.4. The number of ether oxygens (including phenoxy) is 1. The third kappa shape index (κ3) is 5.42. The van der Waals surface area contributed by atoms with Gasteiger partial charge in [-0.15, -0.1) is 0 Å². The van der Waals surface area contributed by atoms with E-state index >= 15 is 0 Å². The molecule has 2 aliphatic heterocycles. The molecule has 1 saturated carbocycles. The van der Waals surface area contributed by atoms with Crippen LogP contribution in [0.5, 0.6) is 0 Å². The summed E-state index contributed by atoms with van der Waals surface area (Å²) in [5.74, 6) is -0.437. The highest BCUT2D eigenvalue weighted by Crippen LogP contribution is 2.36. The van der Waals surface area contributed by atoms with Gasteiger partial charge in [0.15, 0.2) is 0 Å². The minimum Gasteiger partial charge on any atom is -0.465 e. The molecule has 0 bridgehead atoms. The van der Waals surface area contributed by atoms with Crippen molar-refractivity contribution in [3.05, 3.63) is 69.2 Å². The van der Waals surface area contributed by atoms with Crippen LogP contribution in [0.1, 0.15) is 58.4 Å². The number of amides is 2. The van der Waals surface area contributed by atoms with Gasteiger partial charge in [-0.2, -0.15) is 0 Å². The summed E-state index contributed by atoms with van der Waals surface area (Å²) in [5, 5.41) is 0.909. The van der Waals surface area contributed by atoms with Gasteiger partial charge in [0.2, 0.25) is 5.91 Å². The topological polar surface area (TPSA) is 70.2 Å². The zero-order valence-electron chi connectivity index (χ0n) is 21.6. The fourth-order valence-electron chi connectivity index (χ4n) is 6.39. The molecule has 2 aromatic rings. The Morgan fingerprint density at radius 1 is 0.816 bits per heavy atom. The molecule has 38 heavy (non-hydrogen) atoms. The highest BCUT2D eigenvalue weighted by Gasteiger charge is 2.48. The lowest BCUT2D eigenvalue weighted by atomic mass is 9.81. The minimum atomic E-state index is -0.432. The van der Waals surface area contributed by atoms with Gasteiger partial charge in [0.25, 0.3) is 5.91 Å². The van der Waals surface area contributed by atoms with E-state index in [1.54, 1.807) is 36.4 Å². The first-order chi connectivity index (χ1) is 18.4. The number of nitrogens with zero attached hydrogens (tertiary/aromatic N) is 3. The van der Waals surface area contributed by atoms with Crippen molar-refractivity contribution in [2.24, 2.45) is 0 Å². The Hall–Kier alpha value is -2.61. The Bertz CT molecular complexity index is 1200. The maximum atomic E-state index is 13.7. The van der Waals surface area contributed by atoms with Crippen molar-refractivity contribution in [3.8, 4) is 0 Å². The molecule has 3 fully saturated rings. The lowest BCUT2D eigenvalue weighted by molar-refractivity contribution is -0.141. The summed E-state index contributed by atoms with van der Waals surface area (Å²) in [6.07, 6.45) is 5.48. The van der Waals surface area contributed by atoms with Crippen molar-refractivity contribution in [1.82, 2.24) is 14.7 Å². The van der Waals surface area contributed by atoms with E-state index in [1.165, 1.54) is 20.0 Å². The van der Waals surface area contributed by atoms with Gasteiger partial charge >= 0.3 is 5.97 Å². The monoisotopic (exact) mass is 557 g/mol. The molecule has 0 N–H and O–H groups in total. The maximum absolute atomic E-state index is 13.7. The van der Waals surface area contributed by atoms with Gasteiger partial charge in [-0.25, -0.2) is 4.79 Å². The van der Waals surface area contributed by atoms with Gasteiger partial charge in [-0.3, -0.25) is 14.5 Å². The van der Waals surface area contributed by atoms with E-state index < -0.39 is 5.97 Å². The summed E-state index contributed by atoms with van der Waals surface area (Å²) in [4.78, 5) is 45.8. The van der Waals surface area contributed by atoms with Crippen LogP contribution >= 0.6 is 23.2 Å². The Balaban J connectivity index is 1.41. The van der Waals surface area contributed by atoms with E-state index in [9.17, 15) is 14.4 Å². The van der Waals surface area contributed by atoms with E-state index in [-0.39, 0.29) is 36.4 Å². The van der Waals surface area contributed by atoms with Crippen molar-refractivity contribution in [2.75, 3.05) is 33.3 Å². The lowest BCUT2D eigenvalue weighted by Gasteiger charge is -2.54. The second-order valence-corrected chi connectivity index (χ2v) is 11.2. The van der Waals surface area contributed by atoms with Crippen LogP contribution in [0.15, 0.2) is 42.5 Å². The number of fused-ring (bicyclic) bond motifs is 1. The van der Waals surface area contributed by atoms with Gasteiger partial charge in [0.05, 0.1) is 41.2 Å². The predicted octanol–water partition coefficient (Wildman–Crippen LogP) is 4.69. The van der Waals surface area contributed by atoms with Crippen molar-refractivity contribution < 1.29 is 19.1 Å². The second kappa shape index (κ2) is 11.6. The summed E-state index contributed by atoms with van der Waals surface area (Å²) in [7, 11) is 1.34. The molecule has 0 radical (unpaired) electrons. The van der Waals surface area contributed by atoms with Crippen LogP contribution in [-0.2, 0) is 16.0 Å². The molecule has 0 aromatic heterocycles. The molecule has 0 spiro atoms. The fraction of sp³-hybridized carbons (Fsp3) is 0.483. The number of likely N-dealkylation sites (tertiary alicyclic amines) is 1. The van der Waals surface area contributed by atoms with Gasteiger partial charge in [0.1, 0.15) is 0 Å². The first-order valence-electron chi connectivity index (χ1n) is 13.3. The average molecular weight is 559 g/mol. The molecule has 7 nitrogen and oxygen atoms in total. The van der Waals surface area contributed by atoms with Crippen LogP contribution in [0.2, 0.25) is 10.0 Å². The molecule has 3 unspecified atom stereocenters. The van der Waals surface area contributed by atoms with E-state index in [2.05, 4.69) is 4.90 Å². The van der Waals surface area contributed by atoms with Crippen LogP contribution in [0.4, 0.5) is 0 Å². The summed E-state index contributed by atoms with van der Waals surface area (Å²) in [6.45, 7) is 3.02. The third-order valence-electron chi connectivity index (χ3n) is 8.21. The maximum Gasteiger partial charge on any atom is 0.337 e. The molecular formula is C29H33Cl2N3O4. The van der Waals surface area contributed by atoms with Gasteiger partial charge in [0, 0.05) is 24.7 Å². The first kappa shape index (κ1) is 27.0. The van der Waals surface area contributed by atoms with E-state index in [4.69, 9.17) is 27.9 Å². The molecule has 1 aliphatic carbocycles. The molecule has 2 heterocycles. The number of hydrogen-bond donors (Lipinski definition) is 0. The summed E-state index contributed by atoms with van der Waals surface area (Å²) >= 11 is 12.3. The molecule has 2 aromatic carbocycles. The SMILES string of the molecule is COC(=O)c1ccc(C(=O)N2CCN(C(=O)Cc3ccc(Cl)c(Cl)c3)C3C(N4CCCC4)CCCC32)cc1. The number of halogens is 2. The Morgan fingerprint density at radius 3 is 2.16 bits per heavy atom. The summed E-state index contributed by atoms with van der Waals surface area (Å²) < 4.78 is 4.78. The molecule has 5 rings (SSSR count). The predicted molar refractivity (Wildman–Crippen MR) is 147 cm³/mol. The van der Waals surface area contributed by atoms with Crippen molar-refractivity contribution in [2.45, 2.75) is 56.7 Å². The number of benzene rings is 2. The number of methoxy groups -OCH3 is 1. The van der Waals surface area contributed by atoms with Crippen LogP contribution in [-0.4, -0.2) is 83.9 Å². The van der Waals surface area contributed by atoms with Gasteiger partial charge < -0.3 is 14.5 Å². The highest BCUT2D eigenvalue weighted by atomic mass is 35.5. The smallest absolute Gasteiger partial charge is 0.337 e. The fourth-order valence-corrected chi connectivity index (χ4v) is 6.71. The summed E-state index contributed by atoms with van der Waals surface area (Å²) in [6, 6.07) is 12.1. The molecular weight excluding hydrogens is 525 g/mol. The van der Waals surface area contributed by atoms with Gasteiger partial charge in [-0.1, -0.05) is 29.3 Å². The van der Waals surface area contributed by atoms with E-state index in [1.807, 2.05) is 15.9 Å². The minimum absolute atomic E-state index is 0.0546. The number of hydrogen-bond acceptors (Lipinski definition) is 5. The van der Waals surface area contributed by atoms with E-state index in [0.717, 1.165) is 37.9 Å². The Kier molecular flexibility index (Phi) is 8.26. The molecule has 3 atom stereocenters. The van der Waals surface area contributed by atoms with Crippen molar-refractivity contribution >= 4 is 41.0 Å². The molecule has 3 aliphatic rings. The largest absolute Gasteiger partial charge is 0.465 e. The van der Waals surface area contributed by atoms with Crippen LogP contribution in [0.25, 0.3) is 0 Å². The summed E-state index contributed by atoms with van der Waals surface area (Å²) in [5.41, 5.74) is 1.78. The van der Waals surface area contributed by atoms with E-state index in [0.29, 0.717) is 34.3 Å². The molecule has 2 amide bonds. The molecule has 9 heteroatoms. The number of carbonyl (C=O) groups is 3. The van der Waals surface area contributed by atoms with Crippen molar-refractivity contribution in [1.29, 1.82) is 0 Å².